The fourth-order valence-electron chi connectivity index (χ4n) is 8.60. The zero-order chi connectivity index (χ0) is 39.0. The van der Waals surface area contributed by atoms with Gasteiger partial charge in [-0.25, -0.2) is 0 Å². The van der Waals surface area contributed by atoms with E-state index in [1.54, 1.807) is 0 Å². The van der Waals surface area contributed by atoms with Crippen LogP contribution in [-0.2, 0) is 31.1 Å². The van der Waals surface area contributed by atoms with Crippen LogP contribution in [0, 0.1) is 12.3 Å². The zero-order valence-electron chi connectivity index (χ0n) is 32.9. The van der Waals surface area contributed by atoms with Crippen molar-refractivity contribution in [3.8, 4) is 0 Å². The van der Waals surface area contributed by atoms with Gasteiger partial charge in [0.2, 0.25) is 5.69 Å². The molecule has 2 aliphatic heterocycles. The van der Waals surface area contributed by atoms with Crippen molar-refractivity contribution in [3.63, 3.8) is 0 Å². The lowest BCUT2D eigenvalue weighted by atomic mass is 9.73. The van der Waals surface area contributed by atoms with E-state index < -0.39 is 20.2 Å². The molecule has 0 spiro atoms. The molecular formula is C43H59N2O6S2+. The first-order chi connectivity index (χ1) is 24.6. The summed E-state index contributed by atoms with van der Waals surface area (Å²) >= 11 is 0. The third-order valence-corrected chi connectivity index (χ3v) is 12.7. The fourth-order valence-corrected chi connectivity index (χ4v) is 9.74. The Morgan fingerprint density at radius 2 is 1.47 bits per heavy atom. The Morgan fingerprint density at radius 3 is 2.13 bits per heavy atom. The number of unbranched alkanes of at least 4 members (excludes halogenated alkanes) is 2. The van der Waals surface area contributed by atoms with Gasteiger partial charge >= 0.3 is 0 Å². The minimum absolute atomic E-state index is 0.112. The van der Waals surface area contributed by atoms with Gasteiger partial charge in [-0.05, 0) is 105 Å². The Hall–Kier alpha value is -3.31. The number of rotatable bonds is 13. The van der Waals surface area contributed by atoms with Crippen LogP contribution in [0.25, 0.3) is 0 Å². The molecule has 2 aromatic carbocycles. The highest BCUT2D eigenvalue weighted by Gasteiger charge is 2.44. The number of para-hydroxylation sites is 1. The second-order valence-electron chi connectivity index (χ2n) is 17.0. The molecule has 0 atom stereocenters. The summed E-state index contributed by atoms with van der Waals surface area (Å²) in [5.74, 6) is -0.475. The minimum Gasteiger partial charge on any atom is -0.344 e. The number of benzene rings is 2. The summed E-state index contributed by atoms with van der Waals surface area (Å²) in [6.07, 6.45) is 14.2. The number of fused-ring (bicyclic) bond motifs is 2. The van der Waals surface area contributed by atoms with E-state index in [0.717, 1.165) is 30.6 Å². The number of hydrogen-bond donors (Lipinski definition) is 2. The van der Waals surface area contributed by atoms with E-state index in [4.69, 9.17) is 0 Å². The van der Waals surface area contributed by atoms with Gasteiger partial charge in [0.1, 0.15) is 6.54 Å². The van der Waals surface area contributed by atoms with E-state index in [-0.39, 0.29) is 27.8 Å². The summed E-state index contributed by atoms with van der Waals surface area (Å²) in [5.41, 5.74) is 11.7. The topological polar surface area (TPSA) is 115 Å². The normalized spacial score (nSPS) is 20.3. The van der Waals surface area contributed by atoms with Gasteiger partial charge in [-0.1, -0.05) is 76.6 Å². The smallest absolute Gasteiger partial charge is 0.264 e. The molecule has 288 valence electrons. The fraction of sp³-hybridized carbons (Fsp3) is 0.512. The van der Waals surface area contributed by atoms with Crippen molar-refractivity contribution in [2.75, 3.05) is 29.5 Å². The average Bonchev–Trinajstić information content (AvgIpc) is 3.39. The quantitative estimate of drug-likeness (QED) is 0.119. The molecule has 0 amide bonds. The molecule has 5 rings (SSSR count). The largest absolute Gasteiger partial charge is 0.344 e. The number of allylic oxidation sites excluding steroid dienone is 8. The van der Waals surface area contributed by atoms with E-state index in [9.17, 15) is 25.9 Å². The second-order valence-corrected chi connectivity index (χ2v) is 20.2. The monoisotopic (exact) mass is 763 g/mol. The lowest BCUT2D eigenvalue weighted by Crippen LogP contribution is -2.28. The van der Waals surface area contributed by atoms with Gasteiger partial charge in [0.15, 0.2) is 5.71 Å². The van der Waals surface area contributed by atoms with Crippen LogP contribution in [0.1, 0.15) is 110 Å². The molecule has 0 saturated heterocycles. The Balaban J connectivity index is 1.53. The third kappa shape index (κ3) is 9.32. The van der Waals surface area contributed by atoms with E-state index in [0.29, 0.717) is 38.8 Å². The molecule has 3 aliphatic rings. The maximum atomic E-state index is 11.4. The highest BCUT2D eigenvalue weighted by Crippen LogP contribution is 2.49. The summed E-state index contributed by atoms with van der Waals surface area (Å²) in [6.45, 7) is 19.3. The molecule has 0 fully saturated rings. The lowest BCUT2D eigenvalue weighted by Gasteiger charge is -2.32. The van der Waals surface area contributed by atoms with Crippen molar-refractivity contribution in [1.29, 1.82) is 0 Å². The molecule has 10 heteroatoms. The van der Waals surface area contributed by atoms with Crippen molar-refractivity contribution in [3.05, 3.63) is 106 Å². The van der Waals surface area contributed by atoms with E-state index in [1.165, 1.54) is 44.8 Å². The number of nitrogens with zero attached hydrogens (tertiary/aromatic N) is 2. The first-order valence-corrected chi connectivity index (χ1v) is 22.2. The predicted octanol–water partition coefficient (Wildman–Crippen LogP) is 9.40. The molecule has 0 bridgehead atoms. The first kappa shape index (κ1) is 40.9. The highest BCUT2D eigenvalue weighted by atomic mass is 32.2. The summed E-state index contributed by atoms with van der Waals surface area (Å²) in [7, 11) is -8.00. The van der Waals surface area contributed by atoms with Crippen molar-refractivity contribution < 1.29 is 30.5 Å². The molecule has 2 aromatic rings. The molecule has 1 aliphatic carbocycles. The standard InChI is InChI=1S/C43H58N2O6S2/c1-31-20-23-37-35(30-31)43(7,8)39(45(37)27-12-14-29-53(49,50)51)25-22-33-17-15-16-32(40(33)41(2,3)4)21-24-38-42(5,6)34-18-9-10-19-36(34)44(38)26-11-13-28-52(46,47)48/h9-10,18-25,30H,11-17,26-29H2,1-8H3,(H-,46,47,48,49,50,51)/p+1. The second kappa shape index (κ2) is 15.4. The summed E-state index contributed by atoms with van der Waals surface area (Å²) in [6, 6.07) is 15.0. The van der Waals surface area contributed by atoms with Crippen LogP contribution in [0.2, 0.25) is 0 Å². The van der Waals surface area contributed by atoms with Gasteiger partial charge in [-0.3, -0.25) is 9.11 Å². The SMILES string of the molecule is Cc1ccc2c(c1)C(C)(C)C(/C=C/C1=C(C(C)(C)C)C(=C/C=C3/N(CCCCS(=O)(=O)O)c4ccccc4C3(C)C)/CCC1)=[N+]2CCCCS(=O)(=O)O. The molecular weight excluding hydrogens is 705 g/mol. The average molecular weight is 764 g/mol. The molecule has 0 unspecified atom stereocenters. The number of anilines is 1. The van der Waals surface area contributed by atoms with Gasteiger partial charge in [0.05, 0.1) is 16.9 Å². The van der Waals surface area contributed by atoms with Gasteiger partial charge in [0, 0.05) is 47.5 Å². The van der Waals surface area contributed by atoms with Crippen molar-refractivity contribution in [2.24, 2.45) is 5.41 Å². The molecule has 0 aromatic heterocycles. The molecule has 0 saturated carbocycles. The van der Waals surface area contributed by atoms with Gasteiger partial charge in [-0.15, -0.1) is 0 Å². The van der Waals surface area contributed by atoms with Crippen LogP contribution in [0.15, 0.2) is 89.2 Å². The summed E-state index contributed by atoms with van der Waals surface area (Å²) in [5, 5.41) is 0. The maximum Gasteiger partial charge on any atom is 0.264 e. The van der Waals surface area contributed by atoms with Crippen LogP contribution in [0.4, 0.5) is 11.4 Å². The van der Waals surface area contributed by atoms with Crippen molar-refractivity contribution in [2.45, 2.75) is 111 Å². The lowest BCUT2D eigenvalue weighted by molar-refractivity contribution is -0.438. The third-order valence-electron chi connectivity index (χ3n) is 11.1. The highest BCUT2D eigenvalue weighted by molar-refractivity contribution is 7.86. The van der Waals surface area contributed by atoms with E-state index >= 15 is 0 Å². The number of aryl methyl sites for hydroxylation is 1. The predicted molar refractivity (Wildman–Crippen MR) is 218 cm³/mol. The Bertz CT molecular complexity index is 2110. The Kier molecular flexibility index (Phi) is 11.9. The van der Waals surface area contributed by atoms with Crippen LogP contribution in [-0.4, -0.2) is 60.8 Å². The first-order valence-electron chi connectivity index (χ1n) is 19.0. The van der Waals surface area contributed by atoms with Crippen molar-refractivity contribution >= 4 is 37.3 Å². The van der Waals surface area contributed by atoms with Crippen LogP contribution in [0.5, 0.6) is 0 Å². The molecule has 8 nitrogen and oxygen atoms in total. The molecule has 0 radical (unpaired) electrons. The Labute approximate surface area is 318 Å². The molecule has 2 heterocycles. The summed E-state index contributed by atoms with van der Waals surface area (Å²) < 4.78 is 66.6. The number of hydrogen-bond acceptors (Lipinski definition) is 5. The minimum atomic E-state index is -4.00. The molecule has 2 N–H and O–H groups in total. The Morgan fingerprint density at radius 1 is 0.811 bits per heavy atom. The molecule has 53 heavy (non-hydrogen) atoms. The van der Waals surface area contributed by atoms with Gasteiger partial charge < -0.3 is 4.90 Å². The summed E-state index contributed by atoms with van der Waals surface area (Å²) in [4.78, 5) is 2.32. The van der Waals surface area contributed by atoms with Gasteiger partial charge in [0.25, 0.3) is 20.2 Å². The zero-order valence-corrected chi connectivity index (χ0v) is 34.5. The van der Waals surface area contributed by atoms with Crippen LogP contribution < -0.4 is 4.90 Å². The maximum absolute atomic E-state index is 11.4. The van der Waals surface area contributed by atoms with Gasteiger partial charge in [-0.2, -0.15) is 21.4 Å². The van der Waals surface area contributed by atoms with Crippen LogP contribution in [0.3, 0.4) is 0 Å². The van der Waals surface area contributed by atoms with Crippen LogP contribution >= 0.6 is 0 Å². The van der Waals surface area contributed by atoms with E-state index in [1.807, 2.05) is 6.07 Å². The van der Waals surface area contributed by atoms with Crippen molar-refractivity contribution in [1.82, 2.24) is 0 Å². The van der Waals surface area contributed by atoms with E-state index in [2.05, 4.69) is 126 Å².